The van der Waals surface area contributed by atoms with Crippen LogP contribution in [-0.4, -0.2) is 46.2 Å². The number of imide groups is 1. The van der Waals surface area contributed by atoms with Gasteiger partial charge in [0, 0.05) is 4.47 Å². The Hall–Kier alpha value is -2.07. The minimum atomic E-state index is -1.30. The summed E-state index contributed by atoms with van der Waals surface area (Å²) < 4.78 is 6.07. The number of aromatic hydroxyl groups is 1. The topological polar surface area (TPSA) is 116 Å². The molecule has 0 radical (unpaired) electrons. The van der Waals surface area contributed by atoms with Crippen LogP contribution in [0.4, 0.5) is 4.79 Å². The molecule has 10 heteroatoms. The third-order valence-electron chi connectivity index (χ3n) is 3.03. The van der Waals surface area contributed by atoms with E-state index in [2.05, 4.69) is 37.2 Å². The molecule has 0 spiro atoms. The SMILES string of the molecule is CCOc1cc(/C=C2/NC(=O)N(CC(=O)O)C2=O)c(Br)c(Br)c1O. The number of rotatable bonds is 5. The van der Waals surface area contributed by atoms with E-state index in [4.69, 9.17) is 9.84 Å². The molecule has 0 aromatic heterocycles. The van der Waals surface area contributed by atoms with Crippen molar-refractivity contribution in [1.82, 2.24) is 10.2 Å². The lowest BCUT2D eigenvalue weighted by molar-refractivity contribution is -0.140. The Bertz CT molecular complexity index is 762. The number of halogens is 2. The smallest absolute Gasteiger partial charge is 0.329 e. The van der Waals surface area contributed by atoms with E-state index >= 15 is 0 Å². The Balaban J connectivity index is 2.43. The number of nitrogens with one attached hydrogen (secondary N) is 1. The molecule has 8 nitrogen and oxygen atoms in total. The summed E-state index contributed by atoms with van der Waals surface area (Å²) in [6.07, 6.45) is 1.36. The molecule has 0 atom stereocenters. The second kappa shape index (κ2) is 7.22. The minimum Gasteiger partial charge on any atom is -0.503 e. The van der Waals surface area contributed by atoms with Crippen molar-refractivity contribution in [3.8, 4) is 11.5 Å². The van der Waals surface area contributed by atoms with E-state index in [1.165, 1.54) is 12.1 Å². The number of benzene rings is 1. The van der Waals surface area contributed by atoms with Crippen LogP contribution < -0.4 is 10.1 Å². The average molecular weight is 464 g/mol. The van der Waals surface area contributed by atoms with Gasteiger partial charge in [0.1, 0.15) is 12.2 Å². The van der Waals surface area contributed by atoms with Crippen molar-refractivity contribution < 1.29 is 29.3 Å². The third-order valence-corrected chi connectivity index (χ3v) is 5.19. The first-order valence-corrected chi connectivity index (χ1v) is 8.25. The van der Waals surface area contributed by atoms with Crippen LogP contribution in [0.5, 0.6) is 11.5 Å². The number of aliphatic carboxylic acids is 1. The molecular formula is C14H12Br2N2O6. The predicted molar refractivity (Wildman–Crippen MR) is 90.5 cm³/mol. The lowest BCUT2D eigenvalue weighted by Crippen LogP contribution is -2.35. The van der Waals surface area contributed by atoms with E-state index in [9.17, 15) is 19.5 Å². The molecule has 1 aromatic rings. The van der Waals surface area contributed by atoms with Gasteiger partial charge in [0.05, 0.1) is 11.1 Å². The predicted octanol–water partition coefficient (Wildman–Crippen LogP) is 2.29. The van der Waals surface area contributed by atoms with E-state index in [1.54, 1.807) is 6.92 Å². The van der Waals surface area contributed by atoms with Gasteiger partial charge in [0.15, 0.2) is 11.5 Å². The van der Waals surface area contributed by atoms with Gasteiger partial charge in [0.25, 0.3) is 5.91 Å². The van der Waals surface area contributed by atoms with Gasteiger partial charge in [-0.25, -0.2) is 9.69 Å². The molecule has 2 rings (SSSR count). The summed E-state index contributed by atoms with van der Waals surface area (Å²) >= 11 is 6.48. The van der Waals surface area contributed by atoms with Crippen LogP contribution in [0.3, 0.4) is 0 Å². The standard InChI is InChI=1S/C14H12Br2N2O6/c1-2-24-8-4-6(10(15)11(16)12(8)21)3-7-13(22)18(5-9(19)20)14(23)17-7/h3-4,21H,2,5H2,1H3,(H,17,23)(H,19,20)/b7-3+. The van der Waals surface area contributed by atoms with Gasteiger partial charge in [-0.2, -0.15) is 0 Å². The summed E-state index contributed by atoms with van der Waals surface area (Å²) in [5.74, 6) is -1.97. The molecule has 128 valence electrons. The molecule has 3 N–H and O–H groups in total. The zero-order valence-electron chi connectivity index (χ0n) is 12.3. The van der Waals surface area contributed by atoms with Crippen LogP contribution in [0, 0.1) is 0 Å². The Morgan fingerprint density at radius 3 is 2.62 bits per heavy atom. The van der Waals surface area contributed by atoms with Crippen molar-refractivity contribution >= 4 is 55.8 Å². The van der Waals surface area contributed by atoms with Gasteiger partial charge in [-0.15, -0.1) is 0 Å². The average Bonchev–Trinajstić information content (AvgIpc) is 2.77. The summed E-state index contributed by atoms with van der Waals surface area (Å²) in [5, 5.41) is 21.1. The second-order valence-electron chi connectivity index (χ2n) is 4.65. The van der Waals surface area contributed by atoms with Crippen LogP contribution in [0.1, 0.15) is 12.5 Å². The number of carbonyl (C=O) groups is 3. The zero-order chi connectivity index (χ0) is 18.0. The van der Waals surface area contributed by atoms with Crippen molar-refractivity contribution in [2.75, 3.05) is 13.2 Å². The summed E-state index contributed by atoms with van der Waals surface area (Å²) in [6.45, 7) is 1.34. The molecule has 1 aliphatic rings. The Labute approximate surface area is 153 Å². The quantitative estimate of drug-likeness (QED) is 0.455. The van der Waals surface area contributed by atoms with Crippen LogP contribution >= 0.6 is 31.9 Å². The fourth-order valence-electron chi connectivity index (χ4n) is 1.99. The van der Waals surface area contributed by atoms with Gasteiger partial charge < -0.3 is 20.3 Å². The number of ether oxygens (including phenoxy) is 1. The van der Waals surface area contributed by atoms with Crippen LogP contribution in [-0.2, 0) is 9.59 Å². The van der Waals surface area contributed by atoms with Gasteiger partial charge in [-0.1, -0.05) is 0 Å². The molecule has 1 fully saturated rings. The van der Waals surface area contributed by atoms with Gasteiger partial charge in [-0.3, -0.25) is 9.59 Å². The zero-order valence-corrected chi connectivity index (χ0v) is 15.5. The first kappa shape index (κ1) is 18.3. The summed E-state index contributed by atoms with van der Waals surface area (Å²) in [7, 11) is 0. The first-order chi connectivity index (χ1) is 11.3. The van der Waals surface area contributed by atoms with Crippen molar-refractivity contribution in [2.45, 2.75) is 6.92 Å². The van der Waals surface area contributed by atoms with E-state index in [1.807, 2.05) is 0 Å². The number of amides is 3. The first-order valence-electron chi connectivity index (χ1n) is 6.66. The fourth-order valence-corrected chi connectivity index (χ4v) is 2.83. The minimum absolute atomic E-state index is 0.0815. The fraction of sp³-hybridized carbons (Fsp3) is 0.214. The number of urea groups is 1. The number of carboxylic acids is 1. The van der Waals surface area contributed by atoms with Crippen molar-refractivity contribution in [3.05, 3.63) is 26.3 Å². The van der Waals surface area contributed by atoms with Crippen molar-refractivity contribution in [3.63, 3.8) is 0 Å². The number of nitrogens with zero attached hydrogens (tertiary/aromatic N) is 1. The van der Waals surface area contributed by atoms with E-state index in [0.29, 0.717) is 26.0 Å². The molecular weight excluding hydrogens is 452 g/mol. The van der Waals surface area contributed by atoms with Crippen LogP contribution in [0.2, 0.25) is 0 Å². The van der Waals surface area contributed by atoms with Crippen LogP contribution in [0.15, 0.2) is 20.7 Å². The van der Waals surface area contributed by atoms with Gasteiger partial charge in [-0.05, 0) is 56.5 Å². The maximum atomic E-state index is 12.1. The molecule has 0 aliphatic carbocycles. The molecule has 24 heavy (non-hydrogen) atoms. The maximum absolute atomic E-state index is 12.1. The Morgan fingerprint density at radius 1 is 1.38 bits per heavy atom. The number of carbonyl (C=O) groups excluding carboxylic acids is 2. The highest BCUT2D eigenvalue weighted by Gasteiger charge is 2.35. The lowest BCUT2D eigenvalue weighted by atomic mass is 10.1. The molecule has 0 unspecified atom stereocenters. The number of hydrogen-bond donors (Lipinski definition) is 3. The van der Waals surface area contributed by atoms with E-state index in [0.717, 1.165) is 0 Å². The summed E-state index contributed by atoms with van der Waals surface area (Å²) in [5.41, 5.74) is 0.367. The number of carboxylic acid groups (broad SMARTS) is 1. The van der Waals surface area contributed by atoms with Gasteiger partial charge >= 0.3 is 12.0 Å². The summed E-state index contributed by atoms with van der Waals surface area (Å²) in [4.78, 5) is 35.1. The van der Waals surface area contributed by atoms with Crippen LogP contribution in [0.25, 0.3) is 6.08 Å². The normalized spacial score (nSPS) is 15.8. The lowest BCUT2D eigenvalue weighted by Gasteiger charge is -2.11. The molecule has 3 amide bonds. The van der Waals surface area contributed by atoms with Crippen molar-refractivity contribution in [2.24, 2.45) is 0 Å². The monoisotopic (exact) mass is 462 g/mol. The van der Waals surface area contributed by atoms with E-state index in [-0.39, 0.29) is 17.2 Å². The molecule has 0 bridgehead atoms. The molecule has 1 aromatic carbocycles. The molecule has 1 aliphatic heterocycles. The van der Waals surface area contributed by atoms with E-state index < -0.39 is 24.5 Å². The maximum Gasteiger partial charge on any atom is 0.329 e. The molecule has 1 saturated heterocycles. The Kier molecular flexibility index (Phi) is 5.50. The van der Waals surface area contributed by atoms with Gasteiger partial charge in [0.2, 0.25) is 0 Å². The number of phenolic OH excluding ortho intramolecular Hbond substituents is 1. The highest BCUT2D eigenvalue weighted by atomic mass is 79.9. The summed E-state index contributed by atoms with van der Waals surface area (Å²) in [6, 6.07) is 0.674. The Morgan fingerprint density at radius 2 is 2.04 bits per heavy atom. The van der Waals surface area contributed by atoms with Crippen molar-refractivity contribution in [1.29, 1.82) is 0 Å². The second-order valence-corrected chi connectivity index (χ2v) is 6.23. The number of hydrogen-bond acceptors (Lipinski definition) is 5. The molecule has 0 saturated carbocycles. The largest absolute Gasteiger partial charge is 0.503 e. The highest BCUT2D eigenvalue weighted by molar-refractivity contribution is 9.13. The highest BCUT2D eigenvalue weighted by Crippen LogP contribution is 2.42. The third kappa shape index (κ3) is 3.54. The molecule has 1 heterocycles. The number of phenols is 1.